The Morgan fingerprint density at radius 3 is 2.65 bits per heavy atom. The van der Waals surface area contributed by atoms with Gasteiger partial charge in [0.25, 0.3) is 5.91 Å². The van der Waals surface area contributed by atoms with Gasteiger partial charge in [-0.1, -0.05) is 41.4 Å². The lowest BCUT2D eigenvalue weighted by Crippen LogP contribution is -2.42. The molecule has 2 N–H and O–H groups in total. The Morgan fingerprint density at radius 1 is 1.13 bits per heavy atom. The number of hydrogen-bond acceptors (Lipinski definition) is 5. The summed E-state index contributed by atoms with van der Waals surface area (Å²) >= 11 is 13.5. The van der Waals surface area contributed by atoms with Gasteiger partial charge in [0.2, 0.25) is 5.78 Å². The maximum absolute atomic E-state index is 12.6. The molecular formula is C22H20Cl2N2O4S. The van der Waals surface area contributed by atoms with Crippen LogP contribution in [0.4, 0.5) is 0 Å². The maximum atomic E-state index is 12.6. The Bertz CT molecular complexity index is 1120. The lowest BCUT2D eigenvalue weighted by atomic mass is 10.1. The highest BCUT2D eigenvalue weighted by Crippen LogP contribution is 2.21. The number of benzene rings is 2. The summed E-state index contributed by atoms with van der Waals surface area (Å²) in [5.41, 5.74) is 1.46. The summed E-state index contributed by atoms with van der Waals surface area (Å²) in [5, 5.41) is 3.98. The lowest BCUT2D eigenvalue weighted by Gasteiger charge is -2.17. The van der Waals surface area contributed by atoms with Gasteiger partial charge in [-0.05, 0) is 42.7 Å². The number of Topliss-reactive ketones (excluding diaryl/α,β-unsaturated/α-hetero) is 1. The summed E-state index contributed by atoms with van der Waals surface area (Å²) in [7, 11) is 0. The summed E-state index contributed by atoms with van der Waals surface area (Å²) in [5.74, 6) is -0.917. The number of ketones is 1. The highest BCUT2D eigenvalue weighted by atomic mass is 35.5. The van der Waals surface area contributed by atoms with E-state index in [4.69, 9.17) is 27.9 Å². The maximum Gasteiger partial charge on any atom is 0.329 e. The van der Waals surface area contributed by atoms with Crippen LogP contribution in [0.3, 0.4) is 0 Å². The molecule has 0 aliphatic rings. The van der Waals surface area contributed by atoms with Gasteiger partial charge in [0.15, 0.2) is 6.61 Å². The van der Waals surface area contributed by atoms with Gasteiger partial charge in [-0.15, -0.1) is 0 Å². The minimum Gasteiger partial charge on any atom is -0.456 e. The van der Waals surface area contributed by atoms with Crippen molar-refractivity contribution in [1.29, 1.82) is 0 Å². The fraction of sp³-hybridized carbons (Fsp3) is 0.227. The molecule has 0 aliphatic carbocycles. The number of aromatic amines is 1. The topological polar surface area (TPSA) is 88.3 Å². The first-order valence-corrected chi connectivity index (χ1v) is 11.6. The molecule has 0 bridgehead atoms. The SMILES string of the molecule is CSCCC(NC(=O)c1ccc(Cl)cc1Cl)C(=O)OCC(=O)c1c[nH]c2ccccc12. The molecule has 1 aromatic heterocycles. The van der Waals surface area contributed by atoms with Crippen LogP contribution in [0.1, 0.15) is 27.1 Å². The smallest absolute Gasteiger partial charge is 0.329 e. The van der Waals surface area contributed by atoms with Crippen LogP contribution in [-0.4, -0.2) is 47.3 Å². The Kier molecular flexibility index (Phi) is 8.01. The number of carbonyl (C=O) groups excluding carboxylic acids is 3. The van der Waals surface area contributed by atoms with E-state index in [1.54, 1.807) is 6.20 Å². The summed E-state index contributed by atoms with van der Waals surface area (Å²) in [6, 6.07) is 10.9. The van der Waals surface area contributed by atoms with E-state index in [1.165, 1.54) is 30.0 Å². The standard InChI is InChI=1S/C22H20Cl2N2O4S/c1-31-9-8-19(26-21(28)15-7-6-13(23)10-17(15)24)22(29)30-12-20(27)16-11-25-18-5-3-2-4-14(16)18/h2-7,10-11,19,25H,8-9,12H2,1H3,(H,26,28). The van der Waals surface area contributed by atoms with E-state index in [0.717, 1.165) is 10.9 Å². The third kappa shape index (κ3) is 5.81. The zero-order chi connectivity index (χ0) is 22.4. The van der Waals surface area contributed by atoms with Gasteiger partial charge < -0.3 is 15.0 Å². The van der Waals surface area contributed by atoms with E-state index < -0.39 is 24.5 Å². The summed E-state index contributed by atoms with van der Waals surface area (Å²) in [4.78, 5) is 40.8. The fourth-order valence-electron chi connectivity index (χ4n) is 3.01. The van der Waals surface area contributed by atoms with Gasteiger partial charge in [-0.25, -0.2) is 4.79 Å². The van der Waals surface area contributed by atoms with Crippen molar-refractivity contribution in [3.63, 3.8) is 0 Å². The number of ether oxygens (including phenoxy) is 1. The van der Waals surface area contributed by atoms with Gasteiger partial charge in [-0.3, -0.25) is 9.59 Å². The second kappa shape index (κ2) is 10.7. The quantitative estimate of drug-likeness (QED) is 0.342. The van der Waals surface area contributed by atoms with E-state index in [-0.39, 0.29) is 16.4 Å². The number of fused-ring (bicyclic) bond motifs is 1. The van der Waals surface area contributed by atoms with E-state index in [2.05, 4.69) is 10.3 Å². The van der Waals surface area contributed by atoms with Gasteiger partial charge >= 0.3 is 5.97 Å². The molecule has 1 atom stereocenters. The van der Waals surface area contributed by atoms with Crippen LogP contribution in [0.5, 0.6) is 0 Å². The van der Waals surface area contributed by atoms with Crippen molar-refractivity contribution in [2.75, 3.05) is 18.6 Å². The molecule has 0 aliphatic heterocycles. The first-order chi connectivity index (χ1) is 14.9. The predicted octanol–water partition coefficient (Wildman–Crippen LogP) is 4.75. The fourth-order valence-corrected chi connectivity index (χ4v) is 3.98. The number of thioether (sulfide) groups is 1. The lowest BCUT2D eigenvalue weighted by molar-refractivity contribution is -0.144. The number of amides is 1. The van der Waals surface area contributed by atoms with Crippen LogP contribution in [-0.2, 0) is 9.53 Å². The number of H-pyrrole nitrogens is 1. The number of hydrogen-bond donors (Lipinski definition) is 2. The van der Waals surface area contributed by atoms with Gasteiger partial charge in [0.05, 0.1) is 10.6 Å². The third-order valence-electron chi connectivity index (χ3n) is 4.61. The molecule has 0 saturated heterocycles. The first-order valence-electron chi connectivity index (χ1n) is 9.41. The highest BCUT2D eigenvalue weighted by Gasteiger charge is 2.25. The van der Waals surface area contributed by atoms with Crippen molar-refractivity contribution >= 4 is 63.5 Å². The molecule has 0 fully saturated rings. The second-order valence-electron chi connectivity index (χ2n) is 6.71. The van der Waals surface area contributed by atoms with E-state index >= 15 is 0 Å². The molecule has 3 aromatic rings. The van der Waals surface area contributed by atoms with E-state index in [9.17, 15) is 14.4 Å². The van der Waals surface area contributed by atoms with Crippen LogP contribution in [0.2, 0.25) is 10.0 Å². The van der Waals surface area contributed by atoms with Crippen molar-refractivity contribution in [2.45, 2.75) is 12.5 Å². The number of para-hydroxylation sites is 1. The molecule has 162 valence electrons. The van der Waals surface area contributed by atoms with Crippen molar-refractivity contribution in [3.05, 3.63) is 69.8 Å². The Balaban J connectivity index is 1.66. The summed E-state index contributed by atoms with van der Waals surface area (Å²) in [6.07, 6.45) is 3.83. The zero-order valence-electron chi connectivity index (χ0n) is 16.6. The highest BCUT2D eigenvalue weighted by molar-refractivity contribution is 7.98. The number of aromatic nitrogens is 1. The van der Waals surface area contributed by atoms with Gasteiger partial charge in [-0.2, -0.15) is 11.8 Å². The number of nitrogens with one attached hydrogen (secondary N) is 2. The molecule has 31 heavy (non-hydrogen) atoms. The molecule has 6 nitrogen and oxygen atoms in total. The van der Waals surface area contributed by atoms with Crippen LogP contribution < -0.4 is 5.32 Å². The largest absolute Gasteiger partial charge is 0.456 e. The molecule has 2 aromatic carbocycles. The van der Waals surface area contributed by atoms with Crippen LogP contribution in [0.15, 0.2) is 48.7 Å². The molecule has 0 spiro atoms. The van der Waals surface area contributed by atoms with Crippen molar-refractivity contribution in [2.24, 2.45) is 0 Å². The number of rotatable bonds is 9. The number of halogens is 2. The molecule has 0 radical (unpaired) electrons. The third-order valence-corrected chi connectivity index (χ3v) is 5.80. The van der Waals surface area contributed by atoms with Crippen LogP contribution in [0, 0.1) is 0 Å². The van der Waals surface area contributed by atoms with E-state index in [1.807, 2.05) is 30.5 Å². The van der Waals surface area contributed by atoms with Crippen LogP contribution >= 0.6 is 35.0 Å². The van der Waals surface area contributed by atoms with Crippen molar-refractivity contribution in [1.82, 2.24) is 10.3 Å². The second-order valence-corrected chi connectivity index (χ2v) is 8.54. The molecule has 1 heterocycles. The molecule has 1 unspecified atom stereocenters. The van der Waals surface area contributed by atoms with Gasteiger partial charge in [0, 0.05) is 27.7 Å². The first kappa shape index (κ1) is 23.2. The Hall–Kier alpha value is -2.48. The van der Waals surface area contributed by atoms with Crippen LogP contribution in [0.25, 0.3) is 10.9 Å². The zero-order valence-corrected chi connectivity index (χ0v) is 18.9. The molecule has 3 rings (SSSR count). The summed E-state index contributed by atoms with van der Waals surface area (Å²) < 4.78 is 5.24. The van der Waals surface area contributed by atoms with Crippen molar-refractivity contribution < 1.29 is 19.1 Å². The minimum absolute atomic E-state index is 0.177. The molecular weight excluding hydrogens is 459 g/mol. The van der Waals surface area contributed by atoms with Crippen molar-refractivity contribution in [3.8, 4) is 0 Å². The molecule has 1 amide bonds. The normalized spacial score (nSPS) is 11.8. The number of esters is 1. The van der Waals surface area contributed by atoms with E-state index in [0.29, 0.717) is 22.8 Å². The monoisotopic (exact) mass is 478 g/mol. The Labute approximate surface area is 193 Å². The predicted molar refractivity (Wildman–Crippen MR) is 124 cm³/mol. The summed E-state index contributed by atoms with van der Waals surface area (Å²) in [6.45, 7) is -0.423. The molecule has 0 saturated carbocycles. The number of carbonyl (C=O) groups is 3. The average Bonchev–Trinajstić information content (AvgIpc) is 3.18. The Morgan fingerprint density at radius 2 is 1.90 bits per heavy atom. The van der Waals surface area contributed by atoms with Gasteiger partial charge in [0.1, 0.15) is 6.04 Å². The average molecular weight is 479 g/mol. The molecule has 9 heteroatoms. The minimum atomic E-state index is -0.914.